The first-order valence-electron chi connectivity index (χ1n) is 6.11. The molecule has 1 unspecified atom stereocenters. The first kappa shape index (κ1) is 14.0. The molecule has 1 saturated heterocycles. The van der Waals surface area contributed by atoms with Crippen molar-refractivity contribution in [2.45, 2.75) is 17.7 Å². The molecule has 1 aromatic carbocycles. The summed E-state index contributed by atoms with van der Waals surface area (Å²) >= 11 is 0. The van der Waals surface area contributed by atoms with Crippen LogP contribution in [0.1, 0.15) is 12.8 Å². The summed E-state index contributed by atoms with van der Waals surface area (Å²) in [7, 11) is -3.52. The Balaban J connectivity index is 2.20. The molecule has 1 aliphatic rings. The Bertz CT molecular complexity index is 545. The molecule has 6 nitrogen and oxygen atoms in total. The molecule has 7 heteroatoms. The number of hydrogen-bond donors (Lipinski definition) is 2. The van der Waals surface area contributed by atoms with E-state index in [1.807, 2.05) is 0 Å². The lowest BCUT2D eigenvalue weighted by molar-refractivity contribution is -0.126. The maximum absolute atomic E-state index is 12.4. The van der Waals surface area contributed by atoms with E-state index in [-0.39, 0.29) is 23.3 Å². The normalized spacial score (nSPS) is 21.0. The van der Waals surface area contributed by atoms with Crippen LogP contribution in [0.5, 0.6) is 0 Å². The van der Waals surface area contributed by atoms with Gasteiger partial charge in [-0.25, -0.2) is 14.3 Å². The number of piperidine rings is 1. The number of nitrogens with two attached hydrogens (primary N) is 1. The number of sulfonamides is 1. The largest absolute Gasteiger partial charge is 0.294 e. The fourth-order valence-electron chi connectivity index (χ4n) is 2.23. The second kappa shape index (κ2) is 5.68. The Kier molecular flexibility index (Phi) is 4.18. The molecule has 1 aromatic rings. The summed E-state index contributed by atoms with van der Waals surface area (Å²) in [5.74, 6) is 4.41. The number of benzene rings is 1. The summed E-state index contributed by atoms with van der Waals surface area (Å²) < 4.78 is 26.2. The van der Waals surface area contributed by atoms with Gasteiger partial charge in [-0.2, -0.15) is 4.31 Å². The van der Waals surface area contributed by atoms with Crippen LogP contribution in [0, 0.1) is 5.92 Å². The van der Waals surface area contributed by atoms with E-state index >= 15 is 0 Å². The van der Waals surface area contributed by atoms with Crippen LogP contribution >= 0.6 is 0 Å². The lowest BCUT2D eigenvalue weighted by Gasteiger charge is -2.30. The highest BCUT2D eigenvalue weighted by atomic mass is 32.2. The summed E-state index contributed by atoms with van der Waals surface area (Å²) in [5, 5.41) is 0. The topological polar surface area (TPSA) is 92.5 Å². The van der Waals surface area contributed by atoms with Gasteiger partial charge in [0, 0.05) is 13.1 Å². The van der Waals surface area contributed by atoms with E-state index < -0.39 is 10.0 Å². The fourth-order valence-corrected chi connectivity index (χ4v) is 3.78. The van der Waals surface area contributed by atoms with Crippen LogP contribution in [0.4, 0.5) is 0 Å². The molecule has 104 valence electrons. The van der Waals surface area contributed by atoms with E-state index in [4.69, 9.17) is 5.84 Å². The second-order valence-electron chi connectivity index (χ2n) is 4.52. The molecule has 19 heavy (non-hydrogen) atoms. The highest BCUT2D eigenvalue weighted by molar-refractivity contribution is 7.89. The Labute approximate surface area is 112 Å². The van der Waals surface area contributed by atoms with Crippen LogP contribution in [0.3, 0.4) is 0 Å². The maximum atomic E-state index is 12.4. The van der Waals surface area contributed by atoms with E-state index in [0.717, 1.165) is 0 Å². The van der Waals surface area contributed by atoms with Crippen molar-refractivity contribution >= 4 is 15.9 Å². The minimum atomic E-state index is -3.52. The molecule has 0 bridgehead atoms. The van der Waals surface area contributed by atoms with Crippen molar-refractivity contribution in [2.24, 2.45) is 11.8 Å². The smallest absolute Gasteiger partial charge is 0.243 e. The van der Waals surface area contributed by atoms with Crippen molar-refractivity contribution < 1.29 is 13.2 Å². The van der Waals surface area contributed by atoms with Gasteiger partial charge in [-0.05, 0) is 25.0 Å². The molecule has 0 saturated carbocycles. The monoisotopic (exact) mass is 283 g/mol. The van der Waals surface area contributed by atoms with Gasteiger partial charge in [0.05, 0.1) is 10.8 Å². The minimum absolute atomic E-state index is 0.181. The molecule has 3 N–H and O–H groups in total. The average Bonchev–Trinajstić information content (AvgIpc) is 2.47. The lowest BCUT2D eigenvalue weighted by Crippen LogP contribution is -2.46. The van der Waals surface area contributed by atoms with Crippen molar-refractivity contribution in [3.05, 3.63) is 30.3 Å². The van der Waals surface area contributed by atoms with Crippen molar-refractivity contribution in [3.8, 4) is 0 Å². The molecule has 1 aliphatic heterocycles. The first-order valence-corrected chi connectivity index (χ1v) is 7.55. The molecular weight excluding hydrogens is 266 g/mol. The summed E-state index contributed by atoms with van der Waals surface area (Å²) in [5.41, 5.74) is 2.09. The molecule has 1 amide bonds. The zero-order chi connectivity index (χ0) is 13.9. The van der Waals surface area contributed by atoms with Gasteiger partial charge in [0.25, 0.3) is 0 Å². The molecular formula is C12H17N3O3S. The first-order chi connectivity index (χ1) is 9.05. The van der Waals surface area contributed by atoms with E-state index in [1.54, 1.807) is 30.3 Å². The Hall–Kier alpha value is -1.44. The summed E-state index contributed by atoms with van der Waals surface area (Å²) in [6, 6.07) is 8.24. The van der Waals surface area contributed by atoms with Crippen LogP contribution in [0.25, 0.3) is 0 Å². The Morgan fingerprint density at radius 1 is 1.32 bits per heavy atom. The lowest BCUT2D eigenvalue weighted by atomic mass is 9.99. The third-order valence-corrected chi connectivity index (χ3v) is 5.16. The van der Waals surface area contributed by atoms with Crippen molar-refractivity contribution in [1.82, 2.24) is 9.73 Å². The molecule has 0 radical (unpaired) electrons. The quantitative estimate of drug-likeness (QED) is 0.467. The second-order valence-corrected chi connectivity index (χ2v) is 6.46. The van der Waals surface area contributed by atoms with Gasteiger partial charge >= 0.3 is 0 Å². The van der Waals surface area contributed by atoms with Gasteiger partial charge in [-0.15, -0.1) is 0 Å². The number of nitrogens with zero attached hydrogens (tertiary/aromatic N) is 1. The van der Waals surface area contributed by atoms with E-state index in [1.165, 1.54) is 4.31 Å². The molecule has 0 aromatic heterocycles. The third-order valence-electron chi connectivity index (χ3n) is 3.28. The average molecular weight is 283 g/mol. The van der Waals surface area contributed by atoms with Gasteiger partial charge < -0.3 is 0 Å². The maximum Gasteiger partial charge on any atom is 0.243 e. The van der Waals surface area contributed by atoms with Crippen LogP contribution in [0.15, 0.2) is 35.2 Å². The fraction of sp³-hybridized carbons (Fsp3) is 0.417. The highest BCUT2D eigenvalue weighted by Gasteiger charge is 2.32. The summed E-state index contributed by atoms with van der Waals surface area (Å²) in [6.07, 6.45) is 1.31. The van der Waals surface area contributed by atoms with Gasteiger partial charge in [0.15, 0.2) is 0 Å². The third kappa shape index (κ3) is 2.94. The molecule has 1 heterocycles. The van der Waals surface area contributed by atoms with Crippen LogP contribution in [-0.2, 0) is 14.8 Å². The van der Waals surface area contributed by atoms with E-state index in [9.17, 15) is 13.2 Å². The molecule has 0 aliphatic carbocycles. The number of hydrazine groups is 1. The predicted molar refractivity (Wildman–Crippen MR) is 70.3 cm³/mol. The van der Waals surface area contributed by atoms with Crippen LogP contribution < -0.4 is 11.3 Å². The number of amides is 1. The number of carbonyl (C=O) groups is 1. The zero-order valence-electron chi connectivity index (χ0n) is 10.5. The van der Waals surface area contributed by atoms with Crippen molar-refractivity contribution in [3.63, 3.8) is 0 Å². The Morgan fingerprint density at radius 2 is 2.00 bits per heavy atom. The SMILES string of the molecule is NNC(=O)C1CCCN(S(=O)(=O)c2ccccc2)C1. The van der Waals surface area contributed by atoms with E-state index in [0.29, 0.717) is 19.4 Å². The van der Waals surface area contributed by atoms with Gasteiger partial charge in [0.1, 0.15) is 0 Å². The molecule has 2 rings (SSSR count). The number of rotatable bonds is 3. The number of carbonyl (C=O) groups excluding carboxylic acids is 1. The van der Waals surface area contributed by atoms with Crippen LogP contribution in [-0.4, -0.2) is 31.7 Å². The standard InChI is InChI=1S/C12H17N3O3S/c13-14-12(16)10-5-4-8-15(9-10)19(17,18)11-6-2-1-3-7-11/h1-3,6-7,10H,4-5,8-9,13H2,(H,14,16). The summed E-state index contributed by atoms with van der Waals surface area (Å²) in [6.45, 7) is 0.617. The number of nitrogens with one attached hydrogen (secondary N) is 1. The van der Waals surface area contributed by atoms with Crippen molar-refractivity contribution in [1.29, 1.82) is 0 Å². The summed E-state index contributed by atoms with van der Waals surface area (Å²) in [4.78, 5) is 11.8. The van der Waals surface area contributed by atoms with Crippen molar-refractivity contribution in [2.75, 3.05) is 13.1 Å². The van der Waals surface area contributed by atoms with Gasteiger partial charge in [-0.1, -0.05) is 18.2 Å². The zero-order valence-corrected chi connectivity index (χ0v) is 11.3. The highest BCUT2D eigenvalue weighted by Crippen LogP contribution is 2.23. The predicted octanol–water partition coefficient (Wildman–Crippen LogP) is 0.0772. The minimum Gasteiger partial charge on any atom is -0.294 e. The molecule has 1 fully saturated rings. The molecule has 0 spiro atoms. The number of hydrogen-bond acceptors (Lipinski definition) is 4. The Morgan fingerprint density at radius 3 is 2.63 bits per heavy atom. The van der Waals surface area contributed by atoms with Crippen LogP contribution in [0.2, 0.25) is 0 Å². The van der Waals surface area contributed by atoms with Gasteiger partial charge in [-0.3, -0.25) is 10.2 Å². The van der Waals surface area contributed by atoms with Gasteiger partial charge in [0.2, 0.25) is 15.9 Å². The molecule has 1 atom stereocenters. The van der Waals surface area contributed by atoms with E-state index in [2.05, 4.69) is 5.43 Å².